The van der Waals surface area contributed by atoms with Crippen molar-refractivity contribution in [2.45, 2.75) is 33.4 Å². The minimum absolute atomic E-state index is 0.354. The van der Waals surface area contributed by atoms with Crippen molar-refractivity contribution in [1.82, 2.24) is 19.9 Å². The molecule has 0 aliphatic carbocycles. The first kappa shape index (κ1) is 15.0. The van der Waals surface area contributed by atoms with Crippen molar-refractivity contribution in [3.05, 3.63) is 28.8 Å². The summed E-state index contributed by atoms with van der Waals surface area (Å²) < 4.78 is 2.04. The lowest BCUT2D eigenvalue weighted by atomic mass is 10.2. The summed E-state index contributed by atoms with van der Waals surface area (Å²) in [6.45, 7) is 8.13. The molecule has 0 saturated carbocycles. The van der Waals surface area contributed by atoms with Crippen LogP contribution < -0.4 is 10.2 Å². The second kappa shape index (κ2) is 6.37. The van der Waals surface area contributed by atoms with Gasteiger partial charge in [-0.2, -0.15) is 0 Å². The molecule has 2 aromatic rings. The molecule has 0 saturated heterocycles. The Morgan fingerprint density at radius 1 is 1.50 bits per heavy atom. The molecule has 0 aliphatic heterocycles. The Hall–Kier alpha value is -1.40. The van der Waals surface area contributed by atoms with E-state index in [0.29, 0.717) is 6.04 Å². The fourth-order valence-corrected chi connectivity index (χ4v) is 3.24. The van der Waals surface area contributed by atoms with E-state index in [1.807, 2.05) is 24.0 Å². The lowest BCUT2D eigenvalue weighted by molar-refractivity contribution is 0.603. The second-order valence-corrected chi connectivity index (χ2v) is 6.05. The summed E-state index contributed by atoms with van der Waals surface area (Å²) in [6.07, 6.45) is 3.80. The zero-order chi connectivity index (χ0) is 14.7. The smallest absolute Gasteiger partial charge is 0.185 e. The number of rotatable bonds is 6. The molecule has 6 heteroatoms. The number of imidazole rings is 1. The highest BCUT2D eigenvalue weighted by atomic mass is 32.1. The van der Waals surface area contributed by atoms with Crippen LogP contribution in [0, 0.1) is 6.92 Å². The Morgan fingerprint density at radius 2 is 2.25 bits per heavy atom. The van der Waals surface area contributed by atoms with Crippen LogP contribution in [0.15, 0.2) is 12.4 Å². The van der Waals surface area contributed by atoms with Crippen LogP contribution in [-0.2, 0) is 13.6 Å². The predicted molar refractivity (Wildman–Crippen MR) is 84.3 cm³/mol. The minimum atomic E-state index is 0.354. The number of thiazole rings is 1. The van der Waals surface area contributed by atoms with E-state index in [0.717, 1.165) is 29.7 Å². The molecule has 0 fully saturated rings. The molecular weight excluding hydrogens is 270 g/mol. The zero-order valence-electron chi connectivity index (χ0n) is 12.8. The lowest BCUT2D eigenvalue weighted by Gasteiger charge is -2.15. The molecule has 0 bridgehead atoms. The Balaban J connectivity index is 2.13. The van der Waals surface area contributed by atoms with Gasteiger partial charge >= 0.3 is 0 Å². The van der Waals surface area contributed by atoms with E-state index >= 15 is 0 Å². The van der Waals surface area contributed by atoms with Crippen LogP contribution >= 0.6 is 11.3 Å². The number of aromatic nitrogens is 3. The van der Waals surface area contributed by atoms with Crippen LogP contribution in [0.4, 0.5) is 5.13 Å². The third-order valence-corrected chi connectivity index (χ3v) is 4.81. The van der Waals surface area contributed by atoms with Crippen LogP contribution in [0.2, 0.25) is 0 Å². The number of aryl methyl sites for hydroxylation is 2. The predicted octanol–water partition coefficient (Wildman–Crippen LogP) is 2.49. The standard InChI is InChI=1S/C14H23N5S/c1-6-15-10(2)13-11(3)17-14(20-13)19(5)9-12-16-7-8-18(12)4/h7-8,10,15H,6,9H2,1-5H3. The molecule has 0 spiro atoms. The number of hydrogen-bond donors (Lipinski definition) is 1. The fraction of sp³-hybridized carbons (Fsp3) is 0.571. The summed E-state index contributed by atoms with van der Waals surface area (Å²) in [5.74, 6) is 1.04. The average molecular weight is 293 g/mol. The first-order valence-electron chi connectivity index (χ1n) is 6.91. The van der Waals surface area contributed by atoms with Gasteiger partial charge in [-0.3, -0.25) is 0 Å². The Morgan fingerprint density at radius 3 is 2.85 bits per heavy atom. The highest BCUT2D eigenvalue weighted by Gasteiger charge is 2.16. The largest absolute Gasteiger partial charge is 0.344 e. The van der Waals surface area contributed by atoms with Crippen molar-refractivity contribution >= 4 is 16.5 Å². The molecule has 0 radical (unpaired) electrons. The maximum Gasteiger partial charge on any atom is 0.185 e. The SMILES string of the molecule is CCNC(C)c1sc(N(C)Cc2nccn2C)nc1C. The van der Waals surface area contributed by atoms with Crippen LogP contribution in [0.5, 0.6) is 0 Å². The Bertz CT molecular complexity index is 560. The van der Waals surface area contributed by atoms with E-state index in [-0.39, 0.29) is 0 Å². The third kappa shape index (κ3) is 3.19. The summed E-state index contributed by atoms with van der Waals surface area (Å²) in [4.78, 5) is 12.5. The van der Waals surface area contributed by atoms with Gasteiger partial charge in [0, 0.05) is 37.4 Å². The maximum absolute atomic E-state index is 4.69. The van der Waals surface area contributed by atoms with Crippen molar-refractivity contribution in [1.29, 1.82) is 0 Å². The third-order valence-electron chi connectivity index (χ3n) is 3.35. The molecule has 2 heterocycles. The Kier molecular flexibility index (Phi) is 4.77. The monoisotopic (exact) mass is 293 g/mol. The molecule has 2 aromatic heterocycles. The highest BCUT2D eigenvalue weighted by Crippen LogP contribution is 2.30. The first-order valence-corrected chi connectivity index (χ1v) is 7.72. The molecule has 1 N–H and O–H groups in total. The fourth-order valence-electron chi connectivity index (χ4n) is 2.19. The lowest BCUT2D eigenvalue weighted by Crippen LogP contribution is -2.18. The number of nitrogens with one attached hydrogen (secondary N) is 1. The molecule has 1 atom stereocenters. The van der Waals surface area contributed by atoms with E-state index in [2.05, 4.69) is 43.0 Å². The molecule has 0 aliphatic rings. The summed E-state index contributed by atoms with van der Waals surface area (Å²) in [5.41, 5.74) is 1.12. The molecular formula is C14H23N5S. The molecule has 5 nitrogen and oxygen atoms in total. The van der Waals surface area contributed by atoms with E-state index in [9.17, 15) is 0 Å². The van der Waals surface area contributed by atoms with Gasteiger partial charge in [0.15, 0.2) is 5.13 Å². The summed E-state index contributed by atoms with van der Waals surface area (Å²) in [7, 11) is 4.08. The normalized spacial score (nSPS) is 12.7. The molecule has 2 rings (SSSR count). The summed E-state index contributed by atoms with van der Waals surface area (Å²) >= 11 is 1.76. The summed E-state index contributed by atoms with van der Waals surface area (Å²) in [5, 5.41) is 4.49. The van der Waals surface area contributed by atoms with Gasteiger partial charge in [-0.25, -0.2) is 9.97 Å². The van der Waals surface area contributed by atoms with Gasteiger partial charge in [0.1, 0.15) is 5.82 Å². The molecule has 0 aromatic carbocycles. The summed E-state index contributed by atoms with van der Waals surface area (Å²) in [6, 6.07) is 0.354. The van der Waals surface area contributed by atoms with Crippen molar-refractivity contribution in [2.75, 3.05) is 18.5 Å². The Labute approximate surface area is 124 Å². The highest BCUT2D eigenvalue weighted by molar-refractivity contribution is 7.15. The van der Waals surface area contributed by atoms with Crippen molar-refractivity contribution in [3.63, 3.8) is 0 Å². The van der Waals surface area contributed by atoms with Crippen LogP contribution in [0.25, 0.3) is 0 Å². The van der Waals surface area contributed by atoms with E-state index in [4.69, 9.17) is 4.98 Å². The quantitative estimate of drug-likeness (QED) is 0.889. The molecule has 110 valence electrons. The van der Waals surface area contributed by atoms with Crippen molar-refractivity contribution in [2.24, 2.45) is 7.05 Å². The van der Waals surface area contributed by atoms with E-state index < -0.39 is 0 Å². The average Bonchev–Trinajstić information content (AvgIpc) is 2.97. The van der Waals surface area contributed by atoms with E-state index in [1.54, 1.807) is 11.3 Å². The van der Waals surface area contributed by atoms with Gasteiger partial charge in [-0.05, 0) is 20.4 Å². The van der Waals surface area contributed by atoms with Crippen molar-refractivity contribution in [3.8, 4) is 0 Å². The topological polar surface area (TPSA) is 46.0 Å². The number of anilines is 1. The van der Waals surface area contributed by atoms with Crippen LogP contribution in [-0.4, -0.2) is 28.1 Å². The van der Waals surface area contributed by atoms with Gasteiger partial charge in [0.2, 0.25) is 0 Å². The van der Waals surface area contributed by atoms with Gasteiger partial charge < -0.3 is 14.8 Å². The van der Waals surface area contributed by atoms with Gasteiger partial charge in [-0.1, -0.05) is 6.92 Å². The van der Waals surface area contributed by atoms with Gasteiger partial charge in [0.25, 0.3) is 0 Å². The van der Waals surface area contributed by atoms with Gasteiger partial charge in [0.05, 0.1) is 12.2 Å². The van der Waals surface area contributed by atoms with Crippen molar-refractivity contribution < 1.29 is 0 Å². The maximum atomic E-state index is 4.69. The number of nitrogens with zero attached hydrogens (tertiary/aromatic N) is 4. The van der Waals surface area contributed by atoms with Crippen LogP contribution in [0.3, 0.4) is 0 Å². The minimum Gasteiger partial charge on any atom is -0.344 e. The molecule has 1 unspecified atom stereocenters. The molecule has 0 amide bonds. The van der Waals surface area contributed by atoms with E-state index in [1.165, 1.54) is 4.88 Å². The number of hydrogen-bond acceptors (Lipinski definition) is 5. The first-order chi connectivity index (χ1) is 9.52. The molecule has 20 heavy (non-hydrogen) atoms. The van der Waals surface area contributed by atoms with Gasteiger partial charge in [-0.15, -0.1) is 11.3 Å². The van der Waals surface area contributed by atoms with Crippen LogP contribution in [0.1, 0.15) is 36.3 Å². The zero-order valence-corrected chi connectivity index (χ0v) is 13.7. The second-order valence-electron chi connectivity index (χ2n) is 5.04.